The second-order valence-electron chi connectivity index (χ2n) is 29.9. The largest absolute Gasteiger partial charge is 0.507 e. The van der Waals surface area contributed by atoms with Crippen LogP contribution in [0, 0.1) is 53.2 Å². The van der Waals surface area contributed by atoms with Crippen molar-refractivity contribution in [2.75, 3.05) is 60.3 Å². The monoisotopic (exact) mass is 1940 g/mol. The second-order valence-corrected chi connectivity index (χ2v) is 30.8. The van der Waals surface area contributed by atoms with Crippen LogP contribution in [0.5, 0.6) is 23.0 Å². The number of para-hydroxylation sites is 1. The van der Waals surface area contributed by atoms with Gasteiger partial charge in [-0.2, -0.15) is 0 Å². The number of methoxy groups -OCH3 is 4. The minimum atomic E-state index is -0.977. The lowest BCUT2D eigenvalue weighted by atomic mass is 10.1. The molecule has 0 unspecified atom stereocenters. The third-order valence-corrected chi connectivity index (χ3v) is 20.3. The van der Waals surface area contributed by atoms with E-state index in [1.165, 1.54) is 71.8 Å². The van der Waals surface area contributed by atoms with Crippen molar-refractivity contribution < 1.29 is 116 Å². The molecule has 12 aromatic rings. The molecule has 0 fully saturated rings. The van der Waals surface area contributed by atoms with Crippen LogP contribution in [0.1, 0.15) is 79.2 Å². The highest BCUT2D eigenvalue weighted by atomic mass is 35.5. The summed E-state index contributed by atoms with van der Waals surface area (Å²) in [7, 11) is 5.85. The van der Waals surface area contributed by atoms with E-state index < -0.39 is 93.3 Å². The number of aliphatic hydroxyl groups is 6. The number of hydrogen-bond acceptors (Lipinski definition) is 22. The maximum atomic E-state index is 13.2. The van der Waals surface area contributed by atoms with Crippen molar-refractivity contribution in [1.82, 2.24) is 0 Å². The molecule has 12 rings (SSSR count). The van der Waals surface area contributed by atoms with E-state index in [4.69, 9.17) is 42.1 Å². The van der Waals surface area contributed by atoms with Crippen LogP contribution in [0.25, 0.3) is 34.6 Å². The molecule has 0 aliphatic carbocycles. The predicted molar refractivity (Wildman–Crippen MR) is 537 cm³/mol. The van der Waals surface area contributed by atoms with Gasteiger partial charge in [-0.3, -0.25) is 57.5 Å². The number of halogens is 4. The Morgan fingerprint density at radius 1 is 0.300 bits per heavy atom. The Balaban J connectivity index is 0.000000229. The summed E-state index contributed by atoms with van der Waals surface area (Å²) in [4.78, 5) is 143. The highest BCUT2D eigenvalue weighted by Crippen LogP contribution is 2.31. The molecule has 0 bridgehead atoms. The summed E-state index contributed by atoms with van der Waals surface area (Å²) >= 11 is 11.5. The fraction of sp³-hybridized carbons (Fsp3) is 0.111. The standard InChI is InChI=1S/C19H18FNO5.C18H16ClNO3.C18H16FNO3.C18H17NO5.C18H17NO3.C17H14ClNO3/c1-11-8-12(4-6-15(11)20)21-19(24)17(23)10-16(22)14-9-13(25-2)5-7-18(14)26-3;1-2-12-5-3-4-6-15(12)20-18(23)17(22)11-16(21)13-7-9-14(19)10-8-13;1-11-4-3-5-15(12(11)2)20-18(23)17(22)10-16(21)13-6-8-14(19)9-7-13;1-23-14-7-3-5-12(9-14)16(20)11-17(21)18(22)19-13-6-4-8-15(10-13)24-2;1-12-8-9-15(10-13(12)2)19-18(22)17(21)11-16(20)14-6-4-3-5-7-14;1-11-3-2-4-14(9-11)19-17(22)16(21)10-15(20)12-5-7-13(18)8-6-12/h4-10,22H,1-3H3,(H,21,24);3-11,21H,2H2,1H3,(H,20,23);3-10,21H,1-2H3,(H,20,23);3-11,20H,1-2H3,(H,19,22);3-11,20H,1-2H3,(H,19,22);2-10,20H,1H3,(H,19,22). The molecule has 0 radical (unpaired) electrons. The minimum Gasteiger partial charge on any atom is -0.507 e. The number of amides is 6. The molecular formula is C108H98Cl2F2N6O22. The van der Waals surface area contributed by atoms with Gasteiger partial charge in [-0.25, -0.2) is 8.78 Å². The molecule has 0 aliphatic rings. The van der Waals surface area contributed by atoms with Crippen LogP contribution in [0.15, 0.2) is 309 Å². The number of ether oxygens (including phenoxy) is 4. The molecule has 0 aromatic heterocycles. The van der Waals surface area contributed by atoms with Crippen molar-refractivity contribution in [3.63, 3.8) is 0 Å². The molecule has 0 saturated heterocycles. The van der Waals surface area contributed by atoms with Gasteiger partial charge in [0.25, 0.3) is 35.4 Å². The number of ketones is 6. The first kappa shape index (κ1) is 109. The SMILES string of the molecule is CCc1ccccc1NC(=O)C(=O)C=C(O)c1ccc(Cl)cc1.COc1ccc(OC)c(C(O)=CC(=O)C(=O)Nc2ccc(F)c(C)c2)c1.COc1cccc(NC(=O)C(=O)C=C(O)c2cccc(OC)c2)c1.Cc1ccc(NC(=O)C(=O)C=C(O)c2ccccc2)cc1C.Cc1cccc(NC(=O)C(=O)C=C(O)c2ccc(Cl)cc2)c1.Cc1cccc(NC(=O)C(=O)C=C(O)c2ccc(F)cc2)c1C. The van der Waals surface area contributed by atoms with Gasteiger partial charge < -0.3 is 81.5 Å². The predicted octanol–water partition coefficient (Wildman–Crippen LogP) is 20.8. The Morgan fingerprint density at radius 2 is 0.664 bits per heavy atom. The van der Waals surface area contributed by atoms with Gasteiger partial charge in [-0.05, 0) is 257 Å². The molecule has 0 atom stereocenters. The van der Waals surface area contributed by atoms with Gasteiger partial charge in [-0.15, -0.1) is 0 Å². The zero-order valence-corrected chi connectivity index (χ0v) is 78.9. The molecular weight excluding hydrogens is 1840 g/mol. The number of rotatable bonds is 29. The quantitative estimate of drug-likeness (QED) is 0.0118. The van der Waals surface area contributed by atoms with Gasteiger partial charge in [0.1, 0.15) is 69.2 Å². The summed E-state index contributed by atoms with van der Waals surface area (Å²) in [5, 5.41) is 75.5. The van der Waals surface area contributed by atoms with Gasteiger partial charge in [0.05, 0.1) is 34.0 Å². The van der Waals surface area contributed by atoms with E-state index in [1.54, 1.807) is 194 Å². The third-order valence-electron chi connectivity index (χ3n) is 19.8. The number of carbonyl (C=O) groups excluding carboxylic acids is 12. The van der Waals surface area contributed by atoms with E-state index in [0.717, 1.165) is 88.4 Å². The zero-order valence-electron chi connectivity index (χ0n) is 77.4. The molecule has 0 spiro atoms. The van der Waals surface area contributed by atoms with Gasteiger partial charge in [0.2, 0.25) is 34.7 Å². The van der Waals surface area contributed by atoms with Gasteiger partial charge in [0, 0.05) is 115 Å². The Morgan fingerprint density at radius 3 is 1.12 bits per heavy atom. The van der Waals surface area contributed by atoms with Gasteiger partial charge in [0.15, 0.2) is 0 Å². The van der Waals surface area contributed by atoms with Crippen molar-refractivity contribution in [1.29, 1.82) is 0 Å². The first-order valence-electron chi connectivity index (χ1n) is 42.1. The van der Waals surface area contributed by atoms with E-state index in [-0.39, 0.29) is 39.9 Å². The molecule has 720 valence electrons. The van der Waals surface area contributed by atoms with E-state index in [1.807, 2.05) is 71.9 Å². The van der Waals surface area contributed by atoms with Crippen LogP contribution < -0.4 is 50.8 Å². The Labute approximate surface area is 814 Å². The van der Waals surface area contributed by atoms with E-state index in [9.17, 15) is 97.0 Å². The molecule has 0 saturated carbocycles. The summed E-state index contributed by atoms with van der Waals surface area (Å²) in [5.74, 6) is -11.3. The highest BCUT2D eigenvalue weighted by molar-refractivity contribution is 6.48. The lowest BCUT2D eigenvalue weighted by Gasteiger charge is -2.10. The number of anilines is 6. The number of aliphatic hydroxyl groups excluding tert-OH is 6. The van der Waals surface area contributed by atoms with Gasteiger partial charge in [-0.1, -0.05) is 127 Å². The van der Waals surface area contributed by atoms with Crippen LogP contribution in [0.3, 0.4) is 0 Å². The average Bonchev–Trinajstić information content (AvgIpc) is 0.841. The van der Waals surface area contributed by atoms with Crippen LogP contribution >= 0.6 is 23.2 Å². The molecule has 0 aliphatic heterocycles. The molecule has 12 aromatic carbocycles. The Hall–Kier alpha value is -17.6. The summed E-state index contributed by atoms with van der Waals surface area (Å²) in [6.45, 7) is 13.0. The van der Waals surface area contributed by atoms with Crippen molar-refractivity contribution in [3.8, 4) is 23.0 Å². The fourth-order valence-electron chi connectivity index (χ4n) is 11.8. The third kappa shape index (κ3) is 35.3. The molecule has 28 nitrogen and oxygen atoms in total. The normalized spacial score (nSPS) is 11.1. The summed E-state index contributed by atoms with van der Waals surface area (Å²) in [6, 6.07) is 72.9. The molecule has 6 amide bonds. The minimum absolute atomic E-state index is 0.200. The number of aryl methyl sites for hydroxylation is 6. The zero-order chi connectivity index (χ0) is 103. The van der Waals surface area contributed by atoms with Crippen molar-refractivity contribution in [2.45, 2.75) is 54.9 Å². The second kappa shape index (κ2) is 54.6. The van der Waals surface area contributed by atoms with E-state index in [2.05, 4.69) is 31.9 Å². The average molecular weight is 1940 g/mol. The lowest BCUT2D eigenvalue weighted by Crippen LogP contribution is -2.21. The summed E-state index contributed by atoms with van der Waals surface area (Å²) < 4.78 is 46.3. The van der Waals surface area contributed by atoms with Crippen molar-refractivity contribution in [3.05, 3.63) is 403 Å². The number of nitrogens with one attached hydrogen (secondary N) is 6. The summed E-state index contributed by atoms with van der Waals surface area (Å²) in [5.41, 5.74) is 11.2. The first-order chi connectivity index (χ1) is 66.7. The van der Waals surface area contributed by atoms with Gasteiger partial charge >= 0.3 is 0 Å². The van der Waals surface area contributed by atoms with Crippen LogP contribution in [-0.2, 0) is 64.0 Å². The van der Waals surface area contributed by atoms with E-state index >= 15 is 0 Å². The fourth-order valence-corrected chi connectivity index (χ4v) is 12.1. The molecule has 0 heterocycles. The summed E-state index contributed by atoms with van der Waals surface area (Å²) in [6.07, 6.45) is 5.89. The maximum Gasteiger partial charge on any atom is 0.296 e. The molecule has 12 N–H and O–H groups in total. The maximum absolute atomic E-state index is 13.2. The number of benzene rings is 12. The Kier molecular flexibility index (Phi) is 42.7. The van der Waals surface area contributed by atoms with Crippen LogP contribution in [0.4, 0.5) is 42.9 Å². The first-order valence-corrected chi connectivity index (χ1v) is 42.9. The Bertz CT molecular complexity index is 6740. The molecule has 140 heavy (non-hydrogen) atoms. The number of carbonyl (C=O) groups is 12. The van der Waals surface area contributed by atoms with Crippen LogP contribution in [-0.4, -0.2) is 129 Å². The number of hydrogen-bond donors (Lipinski definition) is 12. The topological polar surface area (TPSA) is 435 Å². The highest BCUT2D eigenvalue weighted by Gasteiger charge is 2.22. The lowest BCUT2D eigenvalue weighted by molar-refractivity contribution is -0.132. The van der Waals surface area contributed by atoms with E-state index in [0.29, 0.717) is 89.3 Å². The van der Waals surface area contributed by atoms with Crippen molar-refractivity contribution in [2.24, 2.45) is 0 Å². The smallest absolute Gasteiger partial charge is 0.296 e. The van der Waals surface area contributed by atoms with Crippen molar-refractivity contribution >= 4 is 162 Å². The molecule has 32 heteroatoms. The van der Waals surface area contributed by atoms with Crippen LogP contribution in [0.2, 0.25) is 10.0 Å².